The Kier molecular flexibility index (Phi) is 4.44. The largest absolute Gasteiger partial charge is 0.508 e. The SMILES string of the molecule is CC(Cc1c(O)ccc(F)c1F)c1c(O)c(F)c(F)c(F)c1F. The van der Waals surface area contributed by atoms with E-state index in [1.54, 1.807) is 0 Å². The third-order valence-corrected chi connectivity index (χ3v) is 3.45. The summed E-state index contributed by atoms with van der Waals surface area (Å²) in [6.07, 6.45) is -0.593. The van der Waals surface area contributed by atoms with Crippen LogP contribution < -0.4 is 0 Å². The maximum atomic E-state index is 13.8. The van der Waals surface area contributed by atoms with Gasteiger partial charge in [0.2, 0.25) is 11.6 Å². The van der Waals surface area contributed by atoms with Crippen LogP contribution in [-0.2, 0) is 6.42 Å². The van der Waals surface area contributed by atoms with E-state index in [1.165, 1.54) is 0 Å². The lowest BCUT2D eigenvalue weighted by Crippen LogP contribution is -2.09. The molecule has 23 heavy (non-hydrogen) atoms. The number of phenolic OH excluding ortho intramolecular Hbond substituents is 2. The number of hydrogen-bond acceptors (Lipinski definition) is 2. The number of rotatable bonds is 3. The molecule has 1 atom stereocenters. The van der Waals surface area contributed by atoms with Gasteiger partial charge >= 0.3 is 0 Å². The molecule has 0 saturated heterocycles. The van der Waals surface area contributed by atoms with Crippen molar-refractivity contribution in [1.29, 1.82) is 0 Å². The molecule has 0 spiro atoms. The Bertz CT molecular complexity index is 746. The molecule has 0 amide bonds. The summed E-state index contributed by atoms with van der Waals surface area (Å²) in [7, 11) is 0. The van der Waals surface area contributed by atoms with Crippen LogP contribution >= 0.6 is 0 Å². The number of hydrogen-bond donors (Lipinski definition) is 2. The van der Waals surface area contributed by atoms with E-state index in [1.807, 2.05) is 0 Å². The molecule has 0 bridgehead atoms. The van der Waals surface area contributed by atoms with Gasteiger partial charge in [0.05, 0.1) is 0 Å². The van der Waals surface area contributed by atoms with Crippen molar-refractivity contribution in [2.45, 2.75) is 19.3 Å². The molecular formula is C15H10F6O2. The first-order chi connectivity index (χ1) is 10.7. The van der Waals surface area contributed by atoms with Crippen LogP contribution in [0.15, 0.2) is 12.1 Å². The van der Waals surface area contributed by atoms with Crippen LogP contribution in [0, 0.1) is 34.9 Å². The molecular weight excluding hydrogens is 326 g/mol. The van der Waals surface area contributed by atoms with Gasteiger partial charge in [-0.1, -0.05) is 6.92 Å². The Balaban J connectivity index is 2.52. The van der Waals surface area contributed by atoms with Crippen molar-refractivity contribution in [3.8, 4) is 11.5 Å². The van der Waals surface area contributed by atoms with Crippen molar-refractivity contribution < 1.29 is 36.6 Å². The maximum absolute atomic E-state index is 13.8. The molecule has 0 heterocycles. The van der Waals surface area contributed by atoms with Gasteiger partial charge in [-0.2, -0.15) is 4.39 Å². The van der Waals surface area contributed by atoms with Crippen molar-refractivity contribution in [3.63, 3.8) is 0 Å². The van der Waals surface area contributed by atoms with E-state index in [4.69, 9.17) is 0 Å². The van der Waals surface area contributed by atoms with Crippen molar-refractivity contribution in [2.75, 3.05) is 0 Å². The molecule has 0 fully saturated rings. The van der Waals surface area contributed by atoms with Gasteiger partial charge in [-0.05, 0) is 24.5 Å². The van der Waals surface area contributed by atoms with Gasteiger partial charge in [-0.25, -0.2) is 22.0 Å². The van der Waals surface area contributed by atoms with Crippen LogP contribution in [0.2, 0.25) is 0 Å². The van der Waals surface area contributed by atoms with Gasteiger partial charge in [0.25, 0.3) is 0 Å². The fourth-order valence-electron chi connectivity index (χ4n) is 2.27. The van der Waals surface area contributed by atoms with Crippen LogP contribution in [0.5, 0.6) is 11.5 Å². The standard InChI is InChI=1S/C15H10F6O2/c1-5(4-6-8(22)3-2-7(16)10(6)17)9-11(18)12(19)13(20)14(21)15(9)23/h2-3,5,22-23H,4H2,1H3. The van der Waals surface area contributed by atoms with E-state index >= 15 is 0 Å². The zero-order valence-corrected chi connectivity index (χ0v) is 11.6. The van der Waals surface area contributed by atoms with Crippen molar-refractivity contribution in [2.24, 2.45) is 0 Å². The van der Waals surface area contributed by atoms with Crippen LogP contribution in [0.25, 0.3) is 0 Å². The average Bonchev–Trinajstić information content (AvgIpc) is 2.51. The maximum Gasteiger partial charge on any atom is 0.203 e. The first-order valence-corrected chi connectivity index (χ1v) is 6.37. The first-order valence-electron chi connectivity index (χ1n) is 6.37. The molecule has 2 nitrogen and oxygen atoms in total. The second-order valence-electron chi connectivity index (χ2n) is 4.98. The fourth-order valence-corrected chi connectivity index (χ4v) is 2.27. The molecule has 2 N–H and O–H groups in total. The lowest BCUT2D eigenvalue weighted by molar-refractivity contribution is 0.351. The molecule has 0 saturated carbocycles. The number of halogens is 6. The zero-order valence-electron chi connectivity index (χ0n) is 11.6. The van der Waals surface area contributed by atoms with E-state index in [0.717, 1.165) is 13.0 Å². The summed E-state index contributed by atoms with van der Waals surface area (Å²) in [5.74, 6) is -14.3. The van der Waals surface area contributed by atoms with Gasteiger partial charge in [-0.3, -0.25) is 0 Å². The second kappa shape index (κ2) is 6.02. The summed E-state index contributed by atoms with van der Waals surface area (Å²) in [4.78, 5) is 0. The van der Waals surface area contributed by atoms with Crippen molar-refractivity contribution in [3.05, 3.63) is 58.2 Å². The van der Waals surface area contributed by atoms with E-state index in [2.05, 4.69) is 0 Å². The van der Waals surface area contributed by atoms with Crippen molar-refractivity contribution in [1.82, 2.24) is 0 Å². The minimum atomic E-state index is -2.18. The molecule has 0 radical (unpaired) electrons. The predicted molar refractivity (Wildman–Crippen MR) is 68.1 cm³/mol. The Morgan fingerprint density at radius 2 is 1.39 bits per heavy atom. The molecule has 124 valence electrons. The van der Waals surface area contributed by atoms with E-state index in [9.17, 15) is 36.6 Å². The Hall–Kier alpha value is -2.38. The van der Waals surface area contributed by atoms with Gasteiger partial charge in [0, 0.05) is 11.1 Å². The highest BCUT2D eigenvalue weighted by molar-refractivity contribution is 5.42. The predicted octanol–water partition coefficient (Wildman–Crippen LogP) is 4.28. The number of phenols is 2. The first kappa shape index (κ1) is 17.0. The van der Waals surface area contributed by atoms with Crippen molar-refractivity contribution >= 4 is 0 Å². The van der Waals surface area contributed by atoms with E-state index in [0.29, 0.717) is 6.07 Å². The minimum Gasteiger partial charge on any atom is -0.508 e. The van der Waals surface area contributed by atoms with Gasteiger partial charge in [0.1, 0.15) is 5.75 Å². The lowest BCUT2D eigenvalue weighted by Gasteiger charge is -2.17. The summed E-state index contributed by atoms with van der Waals surface area (Å²) in [5, 5.41) is 19.0. The highest BCUT2D eigenvalue weighted by Crippen LogP contribution is 2.37. The molecule has 0 aliphatic rings. The smallest absolute Gasteiger partial charge is 0.203 e. The summed E-state index contributed by atoms with van der Waals surface area (Å²) in [6.45, 7) is 1.14. The molecule has 0 aromatic heterocycles. The molecule has 8 heteroatoms. The fraction of sp³-hybridized carbons (Fsp3) is 0.200. The van der Waals surface area contributed by atoms with Crippen LogP contribution in [-0.4, -0.2) is 10.2 Å². The van der Waals surface area contributed by atoms with Crippen LogP contribution in [0.4, 0.5) is 26.3 Å². The monoisotopic (exact) mass is 336 g/mol. The molecule has 0 aliphatic carbocycles. The third kappa shape index (κ3) is 2.80. The number of benzene rings is 2. The zero-order chi connectivity index (χ0) is 17.5. The van der Waals surface area contributed by atoms with E-state index < -0.39 is 69.9 Å². The van der Waals surface area contributed by atoms with Gasteiger partial charge < -0.3 is 10.2 Å². The minimum absolute atomic E-state index is 0.568. The summed E-state index contributed by atoms with van der Waals surface area (Å²) in [6, 6.07) is 1.51. The van der Waals surface area contributed by atoms with Gasteiger partial charge in [-0.15, -0.1) is 0 Å². The molecule has 2 aromatic rings. The lowest BCUT2D eigenvalue weighted by atomic mass is 9.91. The summed E-state index contributed by atoms with van der Waals surface area (Å²) >= 11 is 0. The summed E-state index contributed by atoms with van der Waals surface area (Å²) < 4.78 is 80.2. The Morgan fingerprint density at radius 3 is 2.00 bits per heavy atom. The van der Waals surface area contributed by atoms with Gasteiger partial charge in [0.15, 0.2) is 29.0 Å². The summed E-state index contributed by atoms with van der Waals surface area (Å²) in [5.41, 5.74) is -1.51. The molecule has 2 aromatic carbocycles. The quantitative estimate of drug-likeness (QED) is 0.499. The normalized spacial score (nSPS) is 12.5. The third-order valence-electron chi connectivity index (χ3n) is 3.45. The second-order valence-corrected chi connectivity index (χ2v) is 4.98. The topological polar surface area (TPSA) is 40.5 Å². The van der Waals surface area contributed by atoms with Crippen LogP contribution in [0.1, 0.15) is 24.0 Å². The number of aromatic hydroxyl groups is 2. The highest BCUT2D eigenvalue weighted by Gasteiger charge is 2.29. The highest BCUT2D eigenvalue weighted by atomic mass is 19.2. The van der Waals surface area contributed by atoms with E-state index in [-0.39, 0.29) is 0 Å². The Labute approximate surface area is 126 Å². The molecule has 1 unspecified atom stereocenters. The molecule has 2 rings (SSSR count). The molecule has 0 aliphatic heterocycles. The Morgan fingerprint density at radius 1 is 0.826 bits per heavy atom. The average molecular weight is 336 g/mol. The van der Waals surface area contributed by atoms with Crippen LogP contribution in [0.3, 0.4) is 0 Å².